The van der Waals surface area contributed by atoms with Crippen molar-refractivity contribution in [2.45, 2.75) is 53.0 Å². The number of rotatable bonds is 7. The van der Waals surface area contributed by atoms with Gasteiger partial charge in [-0.15, -0.1) is 0 Å². The van der Waals surface area contributed by atoms with Gasteiger partial charge in [-0.2, -0.15) is 5.10 Å². The Morgan fingerprint density at radius 1 is 1.31 bits per heavy atom. The van der Waals surface area contributed by atoms with Gasteiger partial charge in [-0.25, -0.2) is 4.98 Å². The van der Waals surface area contributed by atoms with Gasteiger partial charge in [0.05, 0.1) is 0 Å². The largest absolute Gasteiger partial charge is 0.250 e. The second-order valence-corrected chi connectivity index (χ2v) is 4.98. The van der Waals surface area contributed by atoms with Crippen LogP contribution in [0.3, 0.4) is 0 Å². The highest BCUT2D eigenvalue weighted by atomic mass is 79.9. The lowest BCUT2D eigenvalue weighted by molar-refractivity contribution is 0.294. The molecule has 1 aromatic rings. The topological polar surface area (TPSA) is 30.7 Å². The van der Waals surface area contributed by atoms with Crippen molar-refractivity contribution in [3.63, 3.8) is 0 Å². The van der Waals surface area contributed by atoms with E-state index < -0.39 is 0 Å². The van der Waals surface area contributed by atoms with E-state index in [0.717, 1.165) is 30.5 Å². The van der Waals surface area contributed by atoms with E-state index >= 15 is 0 Å². The molecule has 1 heterocycles. The summed E-state index contributed by atoms with van der Waals surface area (Å²) in [5.41, 5.74) is 0.332. The monoisotopic (exact) mass is 287 g/mol. The highest BCUT2D eigenvalue weighted by molar-refractivity contribution is 9.09. The molecule has 3 nitrogen and oxygen atoms in total. The molecule has 0 atom stereocenters. The number of hydrogen-bond donors (Lipinski definition) is 0. The lowest BCUT2D eigenvalue weighted by Crippen LogP contribution is -2.26. The maximum Gasteiger partial charge on any atom is 0.138 e. The second-order valence-electron chi connectivity index (χ2n) is 4.42. The minimum atomic E-state index is 0.332. The quantitative estimate of drug-likeness (QED) is 0.720. The summed E-state index contributed by atoms with van der Waals surface area (Å²) < 4.78 is 2.04. The van der Waals surface area contributed by atoms with E-state index in [1.807, 2.05) is 4.68 Å². The van der Waals surface area contributed by atoms with Crippen LogP contribution in [0.25, 0.3) is 0 Å². The third-order valence-electron chi connectivity index (χ3n) is 3.45. The van der Waals surface area contributed by atoms with Gasteiger partial charge in [0.1, 0.15) is 12.2 Å². The summed E-state index contributed by atoms with van der Waals surface area (Å²) >= 11 is 3.65. The Morgan fingerprint density at radius 3 is 2.50 bits per heavy atom. The van der Waals surface area contributed by atoms with E-state index in [0.29, 0.717) is 5.41 Å². The zero-order chi connectivity index (χ0) is 12.0. The van der Waals surface area contributed by atoms with Crippen LogP contribution in [-0.4, -0.2) is 20.1 Å². The van der Waals surface area contributed by atoms with Gasteiger partial charge in [-0.3, -0.25) is 4.68 Å². The number of aryl methyl sites for hydroxylation is 1. The molecule has 0 saturated carbocycles. The van der Waals surface area contributed by atoms with Crippen LogP contribution in [0.5, 0.6) is 0 Å². The minimum Gasteiger partial charge on any atom is -0.250 e. The van der Waals surface area contributed by atoms with Crippen LogP contribution in [0.15, 0.2) is 6.33 Å². The van der Waals surface area contributed by atoms with Crippen LogP contribution in [-0.2, 0) is 13.0 Å². The second kappa shape index (κ2) is 6.38. The highest BCUT2D eigenvalue weighted by Gasteiger charge is 2.27. The summed E-state index contributed by atoms with van der Waals surface area (Å²) in [5, 5.41) is 5.32. The SMILES string of the molecule is CCCn1ncnc1CC(CC)(CC)CBr. The molecule has 0 saturated heterocycles. The molecule has 0 bridgehead atoms. The van der Waals surface area contributed by atoms with Gasteiger partial charge < -0.3 is 0 Å². The summed E-state index contributed by atoms with van der Waals surface area (Å²) in [4.78, 5) is 4.39. The van der Waals surface area contributed by atoms with Gasteiger partial charge in [-0.05, 0) is 24.7 Å². The molecular formula is C12H22BrN3. The molecule has 0 aliphatic heterocycles. The van der Waals surface area contributed by atoms with Crippen molar-refractivity contribution in [3.8, 4) is 0 Å². The lowest BCUT2D eigenvalue weighted by Gasteiger charge is -2.29. The molecule has 4 heteroatoms. The summed E-state index contributed by atoms with van der Waals surface area (Å²) in [5.74, 6) is 1.13. The van der Waals surface area contributed by atoms with Crippen LogP contribution in [0.1, 0.15) is 45.9 Å². The van der Waals surface area contributed by atoms with Gasteiger partial charge in [-0.1, -0.05) is 36.7 Å². The number of aromatic nitrogens is 3. The molecule has 1 aromatic heterocycles. The zero-order valence-corrected chi connectivity index (χ0v) is 12.1. The fourth-order valence-electron chi connectivity index (χ4n) is 1.90. The molecule has 0 unspecified atom stereocenters. The van der Waals surface area contributed by atoms with Gasteiger partial charge in [0, 0.05) is 18.3 Å². The number of halogens is 1. The Kier molecular flexibility index (Phi) is 5.46. The van der Waals surface area contributed by atoms with Gasteiger partial charge >= 0.3 is 0 Å². The maximum atomic E-state index is 4.39. The Hall–Kier alpha value is -0.380. The Labute approximate surface area is 107 Å². The summed E-state index contributed by atoms with van der Waals surface area (Å²) in [6, 6.07) is 0. The zero-order valence-electron chi connectivity index (χ0n) is 10.5. The number of nitrogens with zero attached hydrogens (tertiary/aromatic N) is 3. The van der Waals surface area contributed by atoms with E-state index in [1.165, 1.54) is 12.8 Å². The molecule has 0 fully saturated rings. The van der Waals surface area contributed by atoms with Crippen molar-refractivity contribution in [3.05, 3.63) is 12.2 Å². The lowest BCUT2D eigenvalue weighted by atomic mass is 9.81. The fourth-order valence-corrected chi connectivity index (χ4v) is 2.89. The smallest absolute Gasteiger partial charge is 0.138 e. The molecule has 92 valence electrons. The van der Waals surface area contributed by atoms with Crippen molar-refractivity contribution in [1.82, 2.24) is 14.8 Å². The molecule has 0 amide bonds. The van der Waals surface area contributed by atoms with Crippen molar-refractivity contribution in [1.29, 1.82) is 0 Å². The summed E-state index contributed by atoms with van der Waals surface area (Å²) in [6.45, 7) is 7.65. The van der Waals surface area contributed by atoms with Crippen LogP contribution in [0, 0.1) is 5.41 Å². The first-order valence-electron chi connectivity index (χ1n) is 6.14. The van der Waals surface area contributed by atoms with Crippen LogP contribution in [0.2, 0.25) is 0 Å². The van der Waals surface area contributed by atoms with Crippen LogP contribution in [0.4, 0.5) is 0 Å². The fraction of sp³-hybridized carbons (Fsp3) is 0.833. The van der Waals surface area contributed by atoms with Gasteiger partial charge in [0.15, 0.2) is 0 Å². The van der Waals surface area contributed by atoms with Crippen molar-refractivity contribution >= 4 is 15.9 Å². The molecule has 0 N–H and O–H groups in total. The molecule has 16 heavy (non-hydrogen) atoms. The van der Waals surface area contributed by atoms with Crippen LogP contribution >= 0.6 is 15.9 Å². The minimum absolute atomic E-state index is 0.332. The molecule has 0 aliphatic rings. The normalized spacial score (nSPS) is 12.0. The Bertz CT molecular complexity index is 297. The standard InChI is InChI=1S/C12H22BrN3/c1-4-7-16-11(14-10-15-16)8-12(5-2,6-3)9-13/h10H,4-9H2,1-3H3. The first-order chi connectivity index (χ1) is 7.71. The summed E-state index contributed by atoms with van der Waals surface area (Å²) in [6.07, 6.45) is 6.15. The molecule has 0 aliphatic carbocycles. The number of alkyl halides is 1. The first-order valence-corrected chi connectivity index (χ1v) is 7.26. The molecular weight excluding hydrogens is 266 g/mol. The summed E-state index contributed by atoms with van der Waals surface area (Å²) in [7, 11) is 0. The Balaban J connectivity index is 2.80. The predicted molar refractivity (Wildman–Crippen MR) is 70.8 cm³/mol. The van der Waals surface area contributed by atoms with Crippen molar-refractivity contribution < 1.29 is 0 Å². The van der Waals surface area contributed by atoms with E-state index in [-0.39, 0.29) is 0 Å². The van der Waals surface area contributed by atoms with E-state index in [2.05, 4.69) is 46.8 Å². The van der Waals surface area contributed by atoms with Crippen LogP contribution < -0.4 is 0 Å². The Morgan fingerprint density at radius 2 is 2.00 bits per heavy atom. The van der Waals surface area contributed by atoms with Crippen molar-refractivity contribution in [2.75, 3.05) is 5.33 Å². The third-order valence-corrected chi connectivity index (χ3v) is 4.64. The van der Waals surface area contributed by atoms with Crippen molar-refractivity contribution in [2.24, 2.45) is 5.41 Å². The third kappa shape index (κ3) is 3.06. The molecule has 0 radical (unpaired) electrons. The van der Waals surface area contributed by atoms with E-state index in [4.69, 9.17) is 0 Å². The molecule has 1 rings (SSSR count). The van der Waals surface area contributed by atoms with E-state index in [9.17, 15) is 0 Å². The van der Waals surface area contributed by atoms with Gasteiger partial charge in [0.25, 0.3) is 0 Å². The first kappa shape index (κ1) is 13.7. The maximum absolute atomic E-state index is 4.39. The molecule has 0 aromatic carbocycles. The average molecular weight is 288 g/mol. The highest BCUT2D eigenvalue weighted by Crippen LogP contribution is 2.32. The average Bonchev–Trinajstić information content (AvgIpc) is 2.74. The van der Waals surface area contributed by atoms with Gasteiger partial charge in [0.2, 0.25) is 0 Å². The van der Waals surface area contributed by atoms with E-state index in [1.54, 1.807) is 6.33 Å². The predicted octanol–water partition coefficient (Wildman–Crippen LogP) is 3.43. The molecule has 0 spiro atoms. The number of hydrogen-bond acceptors (Lipinski definition) is 2.